The maximum Gasteiger partial charge on any atom is 0.133 e. The molecule has 0 bridgehead atoms. The van der Waals surface area contributed by atoms with Crippen molar-refractivity contribution in [2.24, 2.45) is 0 Å². The van der Waals surface area contributed by atoms with E-state index in [0.717, 1.165) is 4.47 Å². The third kappa shape index (κ3) is 3.08. The van der Waals surface area contributed by atoms with E-state index in [1.165, 1.54) is 19.2 Å². The molecule has 2 aromatic carbocycles. The molecule has 0 heterocycles. The molecule has 2 rings (SSSR count). The number of hydrogen-bond acceptors (Lipinski definition) is 2. The largest absolute Gasteiger partial charge is 0.497 e. The first-order valence-corrected chi connectivity index (χ1v) is 6.66. The Labute approximate surface area is 123 Å². The highest BCUT2D eigenvalue weighted by Crippen LogP contribution is 2.31. The fraction of sp³-hybridized carbons (Fsp3) is 0.143. The van der Waals surface area contributed by atoms with Crippen molar-refractivity contribution in [2.75, 3.05) is 7.11 Å². The van der Waals surface area contributed by atoms with Crippen LogP contribution in [0.3, 0.4) is 0 Å². The van der Waals surface area contributed by atoms with Crippen LogP contribution in [-0.2, 0) is 0 Å². The molecule has 5 heteroatoms. The van der Waals surface area contributed by atoms with Gasteiger partial charge in [0, 0.05) is 16.1 Å². The average Bonchev–Trinajstić information content (AvgIpc) is 2.41. The van der Waals surface area contributed by atoms with Crippen LogP contribution >= 0.6 is 27.5 Å². The molecular formula is C14H11BrClFO2. The number of halogens is 3. The van der Waals surface area contributed by atoms with Gasteiger partial charge in [0.1, 0.15) is 17.7 Å². The second-order valence-corrected chi connectivity index (χ2v) is 5.23. The number of ether oxygens (including phenoxy) is 1. The quantitative estimate of drug-likeness (QED) is 0.897. The third-order valence-electron chi connectivity index (χ3n) is 2.76. The Balaban J connectivity index is 2.38. The van der Waals surface area contributed by atoms with Crippen LogP contribution < -0.4 is 4.74 Å². The number of methoxy groups -OCH3 is 1. The van der Waals surface area contributed by atoms with Gasteiger partial charge in [-0.25, -0.2) is 4.39 Å². The first-order chi connectivity index (χ1) is 9.02. The van der Waals surface area contributed by atoms with Gasteiger partial charge in [-0.2, -0.15) is 0 Å². The monoisotopic (exact) mass is 344 g/mol. The predicted molar refractivity (Wildman–Crippen MR) is 76.2 cm³/mol. The molecule has 0 spiro atoms. The summed E-state index contributed by atoms with van der Waals surface area (Å²) in [5.41, 5.74) is 0.705. The minimum absolute atomic E-state index is 0.180. The third-order valence-corrected chi connectivity index (χ3v) is 3.99. The molecule has 0 amide bonds. The maximum absolute atomic E-state index is 13.9. The summed E-state index contributed by atoms with van der Waals surface area (Å²) in [6, 6.07) is 9.32. The number of rotatable bonds is 3. The normalized spacial score (nSPS) is 12.3. The summed E-state index contributed by atoms with van der Waals surface area (Å²) in [7, 11) is 1.46. The van der Waals surface area contributed by atoms with Crippen LogP contribution in [0.1, 0.15) is 17.2 Å². The van der Waals surface area contributed by atoms with Crippen LogP contribution in [0.5, 0.6) is 5.75 Å². The molecule has 0 aliphatic rings. The summed E-state index contributed by atoms with van der Waals surface area (Å²) in [6.45, 7) is 0. The zero-order valence-electron chi connectivity index (χ0n) is 10.0. The van der Waals surface area contributed by atoms with Gasteiger partial charge in [-0.3, -0.25) is 0 Å². The molecule has 100 valence electrons. The van der Waals surface area contributed by atoms with Gasteiger partial charge in [0.15, 0.2) is 0 Å². The average molecular weight is 346 g/mol. The van der Waals surface area contributed by atoms with Gasteiger partial charge in [-0.1, -0.05) is 17.7 Å². The van der Waals surface area contributed by atoms with Crippen molar-refractivity contribution in [3.63, 3.8) is 0 Å². The predicted octanol–water partition coefficient (Wildman–Crippen LogP) is 4.33. The molecule has 0 radical (unpaired) electrons. The Morgan fingerprint density at radius 1 is 1.26 bits per heavy atom. The highest BCUT2D eigenvalue weighted by Gasteiger charge is 2.16. The fourth-order valence-electron chi connectivity index (χ4n) is 1.72. The topological polar surface area (TPSA) is 29.5 Å². The summed E-state index contributed by atoms with van der Waals surface area (Å²) in [4.78, 5) is 0. The van der Waals surface area contributed by atoms with Gasteiger partial charge in [0.05, 0.1) is 12.1 Å². The van der Waals surface area contributed by atoms with E-state index in [2.05, 4.69) is 15.9 Å². The van der Waals surface area contributed by atoms with Crippen LogP contribution in [0.4, 0.5) is 4.39 Å². The van der Waals surface area contributed by atoms with Crippen LogP contribution in [0, 0.1) is 5.82 Å². The highest BCUT2D eigenvalue weighted by molar-refractivity contribution is 9.10. The second-order valence-electron chi connectivity index (χ2n) is 3.96. The summed E-state index contributed by atoms with van der Waals surface area (Å²) in [6.07, 6.45) is -1.07. The molecule has 1 atom stereocenters. The lowest BCUT2D eigenvalue weighted by Crippen LogP contribution is -2.03. The van der Waals surface area contributed by atoms with Gasteiger partial charge >= 0.3 is 0 Å². The van der Waals surface area contributed by atoms with Crippen molar-refractivity contribution in [3.8, 4) is 5.75 Å². The van der Waals surface area contributed by atoms with Gasteiger partial charge in [-0.05, 0) is 45.8 Å². The summed E-state index contributed by atoms with van der Waals surface area (Å²) in [5.74, 6) is -0.117. The van der Waals surface area contributed by atoms with E-state index in [4.69, 9.17) is 16.3 Å². The van der Waals surface area contributed by atoms with Gasteiger partial charge in [-0.15, -0.1) is 0 Å². The van der Waals surface area contributed by atoms with Gasteiger partial charge < -0.3 is 9.84 Å². The summed E-state index contributed by atoms with van der Waals surface area (Å²) in [5, 5.41) is 10.7. The van der Waals surface area contributed by atoms with Crippen molar-refractivity contribution in [1.82, 2.24) is 0 Å². The zero-order chi connectivity index (χ0) is 14.0. The Morgan fingerprint density at radius 3 is 2.58 bits per heavy atom. The number of benzene rings is 2. The molecule has 0 saturated heterocycles. The van der Waals surface area contributed by atoms with Gasteiger partial charge in [0.25, 0.3) is 0 Å². The van der Waals surface area contributed by atoms with E-state index in [0.29, 0.717) is 16.3 Å². The molecule has 0 fully saturated rings. The van der Waals surface area contributed by atoms with Crippen LogP contribution in [-0.4, -0.2) is 12.2 Å². The lowest BCUT2D eigenvalue weighted by molar-refractivity contribution is 0.214. The lowest BCUT2D eigenvalue weighted by Gasteiger charge is -2.14. The molecule has 19 heavy (non-hydrogen) atoms. The van der Waals surface area contributed by atoms with Crippen molar-refractivity contribution in [2.45, 2.75) is 6.10 Å². The highest BCUT2D eigenvalue weighted by atomic mass is 79.9. The van der Waals surface area contributed by atoms with E-state index >= 15 is 0 Å². The Bertz CT molecular complexity index is 604. The number of aliphatic hydroxyl groups excluding tert-OH is 1. The van der Waals surface area contributed by atoms with Crippen LogP contribution in [0.15, 0.2) is 40.9 Å². The van der Waals surface area contributed by atoms with E-state index in [9.17, 15) is 9.50 Å². The molecular weight excluding hydrogens is 335 g/mol. The Morgan fingerprint density at radius 2 is 2.00 bits per heavy atom. The summed E-state index contributed by atoms with van der Waals surface area (Å²) < 4.78 is 19.5. The second kappa shape index (κ2) is 5.90. The lowest BCUT2D eigenvalue weighted by atomic mass is 10.0. The van der Waals surface area contributed by atoms with Gasteiger partial charge in [0.2, 0.25) is 0 Å². The van der Waals surface area contributed by atoms with E-state index in [1.807, 2.05) is 0 Å². The molecule has 0 aliphatic heterocycles. The van der Waals surface area contributed by atoms with Crippen molar-refractivity contribution >= 4 is 27.5 Å². The molecule has 2 aromatic rings. The molecule has 0 aromatic heterocycles. The Kier molecular flexibility index (Phi) is 4.45. The number of aliphatic hydroxyl groups is 1. The molecule has 0 aliphatic carbocycles. The van der Waals surface area contributed by atoms with Crippen molar-refractivity contribution in [1.29, 1.82) is 0 Å². The first kappa shape index (κ1) is 14.3. The molecule has 2 nitrogen and oxygen atoms in total. The zero-order valence-corrected chi connectivity index (χ0v) is 12.4. The first-order valence-electron chi connectivity index (χ1n) is 5.49. The number of hydrogen-bond donors (Lipinski definition) is 1. The summed E-state index contributed by atoms with van der Waals surface area (Å²) >= 11 is 9.22. The minimum atomic E-state index is -1.07. The molecule has 1 N–H and O–H groups in total. The van der Waals surface area contributed by atoms with E-state index < -0.39 is 11.9 Å². The van der Waals surface area contributed by atoms with Crippen molar-refractivity contribution in [3.05, 3.63) is 62.8 Å². The minimum Gasteiger partial charge on any atom is -0.497 e. The van der Waals surface area contributed by atoms with Crippen molar-refractivity contribution < 1.29 is 14.2 Å². The Hall–Kier alpha value is -1.10. The molecule has 0 saturated carbocycles. The van der Waals surface area contributed by atoms with E-state index in [-0.39, 0.29) is 5.56 Å². The van der Waals surface area contributed by atoms with E-state index in [1.54, 1.807) is 24.3 Å². The standard InChI is InChI=1S/C14H11BrClFO2/c1-19-9-3-4-10(13(17)7-9)14(18)8-2-5-11(15)12(16)6-8/h2-7,14,18H,1H3. The molecule has 1 unspecified atom stereocenters. The smallest absolute Gasteiger partial charge is 0.133 e. The fourth-order valence-corrected chi connectivity index (χ4v) is 2.15. The SMILES string of the molecule is COc1ccc(C(O)c2ccc(Br)c(Cl)c2)c(F)c1. The van der Waals surface area contributed by atoms with Crippen LogP contribution in [0.25, 0.3) is 0 Å². The maximum atomic E-state index is 13.9. The van der Waals surface area contributed by atoms with Crippen LogP contribution in [0.2, 0.25) is 5.02 Å².